The number of nitrogens with zero attached hydrogens (tertiary/aromatic N) is 1. The number of ether oxygens (including phenoxy) is 2. The van der Waals surface area contributed by atoms with Gasteiger partial charge in [0.2, 0.25) is 0 Å². The third-order valence-corrected chi connectivity index (χ3v) is 7.53. The summed E-state index contributed by atoms with van der Waals surface area (Å²) in [5.74, 6) is -0.416. The molecule has 3 N–H and O–H groups in total. The molecule has 1 aliphatic rings. The minimum atomic E-state index is -4.20. The van der Waals surface area contributed by atoms with Crippen LogP contribution in [0.2, 0.25) is 0 Å². The quantitative estimate of drug-likeness (QED) is 0.295. The lowest BCUT2D eigenvalue weighted by Crippen LogP contribution is -2.40. The first-order valence-electron chi connectivity index (χ1n) is 12.2. The molecular formula is C25H36N3O9P. The van der Waals surface area contributed by atoms with Gasteiger partial charge >= 0.3 is 19.4 Å². The fourth-order valence-corrected chi connectivity index (χ4v) is 5.29. The summed E-state index contributed by atoms with van der Waals surface area (Å²) >= 11 is 0. The third-order valence-electron chi connectivity index (χ3n) is 5.89. The molecule has 1 aromatic carbocycles. The Labute approximate surface area is 220 Å². The van der Waals surface area contributed by atoms with Crippen LogP contribution in [0.5, 0.6) is 5.75 Å². The number of carbonyl (C=O) groups excluding carboxylic acids is 1. The van der Waals surface area contributed by atoms with Crippen LogP contribution in [0.3, 0.4) is 0 Å². The lowest BCUT2D eigenvalue weighted by Gasteiger charge is -2.29. The van der Waals surface area contributed by atoms with Crippen LogP contribution in [0, 0.1) is 10.8 Å². The highest BCUT2D eigenvalue weighted by atomic mass is 31.2. The maximum Gasteiger partial charge on any atom is 0.459 e. The first kappa shape index (κ1) is 29.8. The number of rotatable bonds is 10. The molecule has 0 amide bonds. The van der Waals surface area contributed by atoms with Crippen molar-refractivity contribution < 1.29 is 33.0 Å². The zero-order valence-corrected chi connectivity index (χ0v) is 23.3. The number of aliphatic hydroxyl groups excluding tert-OH is 1. The van der Waals surface area contributed by atoms with E-state index in [4.69, 9.17) is 18.5 Å². The second-order valence-corrected chi connectivity index (χ2v) is 12.7. The minimum Gasteiger partial charge on any atom is -0.464 e. The number of para-hydroxylation sites is 1. The minimum absolute atomic E-state index is 0.158. The van der Waals surface area contributed by atoms with Crippen molar-refractivity contribution in [2.24, 2.45) is 10.8 Å². The second-order valence-electron chi connectivity index (χ2n) is 11.0. The first-order valence-corrected chi connectivity index (χ1v) is 13.7. The van der Waals surface area contributed by atoms with Crippen molar-refractivity contribution in [3.05, 3.63) is 63.4 Å². The number of hydrogen-bond acceptors (Lipinski definition) is 9. The molecule has 2 aromatic rings. The van der Waals surface area contributed by atoms with E-state index in [1.807, 2.05) is 20.8 Å². The van der Waals surface area contributed by atoms with Crippen molar-refractivity contribution in [2.45, 2.75) is 66.0 Å². The van der Waals surface area contributed by atoms with Gasteiger partial charge in [-0.3, -0.25) is 23.7 Å². The molecule has 0 radical (unpaired) electrons. The maximum atomic E-state index is 13.8. The van der Waals surface area contributed by atoms with Crippen LogP contribution in [0.4, 0.5) is 0 Å². The lowest BCUT2D eigenvalue weighted by molar-refractivity contribution is -0.148. The maximum absolute atomic E-state index is 13.8. The summed E-state index contributed by atoms with van der Waals surface area (Å²) in [4.78, 5) is 38.5. The molecule has 0 aliphatic carbocycles. The highest BCUT2D eigenvalue weighted by molar-refractivity contribution is 7.52. The number of H-pyrrole nitrogens is 1. The average molecular weight is 554 g/mol. The van der Waals surface area contributed by atoms with Crippen molar-refractivity contribution in [2.75, 3.05) is 13.2 Å². The molecule has 1 saturated heterocycles. The highest BCUT2D eigenvalue weighted by Crippen LogP contribution is 2.48. The zero-order chi connectivity index (χ0) is 28.3. The molecule has 0 saturated carbocycles. The van der Waals surface area contributed by atoms with E-state index in [1.165, 1.54) is 19.2 Å². The zero-order valence-electron chi connectivity index (χ0n) is 22.4. The van der Waals surface area contributed by atoms with E-state index < -0.39 is 61.5 Å². The summed E-state index contributed by atoms with van der Waals surface area (Å²) in [6.45, 7) is 10.3. The van der Waals surface area contributed by atoms with E-state index in [-0.39, 0.29) is 17.8 Å². The van der Waals surface area contributed by atoms with E-state index in [0.29, 0.717) is 0 Å². The molecule has 38 heavy (non-hydrogen) atoms. The van der Waals surface area contributed by atoms with Crippen molar-refractivity contribution in [3.8, 4) is 5.75 Å². The van der Waals surface area contributed by atoms with E-state index in [9.17, 15) is 24.1 Å². The van der Waals surface area contributed by atoms with E-state index in [0.717, 1.165) is 4.57 Å². The van der Waals surface area contributed by atoms with Crippen LogP contribution < -0.4 is 20.9 Å². The summed E-state index contributed by atoms with van der Waals surface area (Å²) < 4.78 is 37.5. The van der Waals surface area contributed by atoms with Gasteiger partial charge in [0.15, 0.2) is 0 Å². The standard InChI is InChI=1S/C25H36N3O9P/c1-16(21(31)34-15-24(2,3)4)27-38(33,37-17-10-8-7-9-11-17)35-14-18-20(30)25(5,6)22(36-18)28-13-12-19(29)26-23(28)32/h7-13,16,18,20,22,30H,14-15H2,1-6H3,(H,27,33)(H,26,29,32). The van der Waals surface area contributed by atoms with Crippen molar-refractivity contribution in [1.82, 2.24) is 14.6 Å². The molecular weight excluding hydrogens is 517 g/mol. The summed E-state index contributed by atoms with van der Waals surface area (Å²) in [5.41, 5.74) is -2.52. The Bertz CT molecular complexity index is 1270. The number of esters is 1. The van der Waals surface area contributed by atoms with Crippen LogP contribution in [0.25, 0.3) is 0 Å². The largest absolute Gasteiger partial charge is 0.464 e. The van der Waals surface area contributed by atoms with E-state index >= 15 is 0 Å². The first-order chi connectivity index (χ1) is 17.6. The number of aromatic amines is 1. The molecule has 0 spiro atoms. The van der Waals surface area contributed by atoms with Gasteiger partial charge in [0.05, 0.1) is 19.3 Å². The summed E-state index contributed by atoms with van der Waals surface area (Å²) in [5, 5.41) is 13.6. The molecule has 3 rings (SSSR count). The summed E-state index contributed by atoms with van der Waals surface area (Å²) in [7, 11) is -4.20. The Hall–Kier alpha value is -2.76. The van der Waals surface area contributed by atoms with Crippen LogP contribution in [-0.2, 0) is 23.4 Å². The summed E-state index contributed by atoms with van der Waals surface area (Å²) in [6, 6.07) is 8.38. The molecule has 5 unspecified atom stereocenters. The number of aliphatic hydroxyl groups is 1. The topological polar surface area (TPSA) is 158 Å². The van der Waals surface area contributed by atoms with Crippen molar-refractivity contribution in [3.63, 3.8) is 0 Å². The van der Waals surface area contributed by atoms with E-state index in [2.05, 4.69) is 10.1 Å². The van der Waals surface area contributed by atoms with Gasteiger partial charge in [-0.1, -0.05) is 52.8 Å². The SMILES string of the molecule is CC(NP(=O)(OCC1OC(n2ccc(=O)[nH]c2=O)C(C)(C)C1O)Oc1ccccc1)C(=O)OCC(C)(C)C. The van der Waals surface area contributed by atoms with Gasteiger partial charge < -0.3 is 19.1 Å². The Morgan fingerprint density at radius 3 is 2.50 bits per heavy atom. The van der Waals surface area contributed by atoms with Gasteiger partial charge in [0.25, 0.3) is 5.56 Å². The van der Waals surface area contributed by atoms with Gasteiger partial charge in [-0.25, -0.2) is 9.36 Å². The predicted molar refractivity (Wildman–Crippen MR) is 139 cm³/mol. The van der Waals surface area contributed by atoms with Gasteiger partial charge in [-0.05, 0) is 24.5 Å². The second kappa shape index (κ2) is 11.5. The molecule has 2 heterocycles. The Morgan fingerprint density at radius 1 is 1.24 bits per heavy atom. The molecule has 0 bridgehead atoms. The monoisotopic (exact) mass is 553 g/mol. The fraction of sp³-hybridized carbons (Fsp3) is 0.560. The van der Waals surface area contributed by atoms with Gasteiger partial charge in [0, 0.05) is 17.7 Å². The fourth-order valence-electron chi connectivity index (χ4n) is 3.79. The number of benzene rings is 1. The van der Waals surface area contributed by atoms with Gasteiger partial charge in [-0.15, -0.1) is 0 Å². The molecule has 5 atom stereocenters. The molecule has 1 aromatic heterocycles. The molecule has 1 aliphatic heterocycles. The smallest absolute Gasteiger partial charge is 0.459 e. The number of aromatic nitrogens is 2. The average Bonchev–Trinajstić information content (AvgIpc) is 3.04. The molecule has 13 heteroatoms. The van der Waals surface area contributed by atoms with Crippen molar-refractivity contribution in [1.29, 1.82) is 0 Å². The Balaban J connectivity index is 1.78. The third kappa shape index (κ3) is 7.42. The van der Waals surface area contributed by atoms with Crippen LogP contribution in [-0.4, -0.2) is 52.1 Å². The van der Waals surface area contributed by atoms with Crippen LogP contribution in [0.1, 0.15) is 47.8 Å². The number of carbonyl (C=O) groups is 1. The predicted octanol–water partition coefficient (Wildman–Crippen LogP) is 2.59. The molecule has 12 nitrogen and oxygen atoms in total. The lowest BCUT2D eigenvalue weighted by atomic mass is 9.84. The number of hydrogen-bond donors (Lipinski definition) is 3. The van der Waals surface area contributed by atoms with E-state index in [1.54, 1.807) is 44.2 Å². The van der Waals surface area contributed by atoms with Crippen LogP contribution >= 0.6 is 7.75 Å². The number of nitrogens with one attached hydrogen (secondary N) is 2. The molecule has 1 fully saturated rings. The Kier molecular flexibility index (Phi) is 9.05. The normalized spacial score (nSPS) is 23.4. The molecule has 210 valence electrons. The highest BCUT2D eigenvalue weighted by Gasteiger charge is 2.52. The summed E-state index contributed by atoms with van der Waals surface area (Å²) in [6.07, 6.45) is -1.85. The van der Waals surface area contributed by atoms with Gasteiger partial charge in [-0.2, -0.15) is 5.09 Å². The Morgan fingerprint density at radius 2 is 1.89 bits per heavy atom. The van der Waals surface area contributed by atoms with Crippen LogP contribution in [0.15, 0.2) is 52.2 Å². The van der Waals surface area contributed by atoms with Crippen molar-refractivity contribution >= 4 is 13.7 Å². The van der Waals surface area contributed by atoms with Gasteiger partial charge in [0.1, 0.15) is 24.1 Å².